The number of methoxy groups -OCH3 is 1. The second kappa shape index (κ2) is 4.57. The van der Waals surface area contributed by atoms with Crippen LogP contribution in [0.25, 0.3) is 0 Å². The van der Waals surface area contributed by atoms with Crippen molar-refractivity contribution in [3.8, 4) is 5.75 Å². The van der Waals surface area contributed by atoms with Crippen LogP contribution in [0.4, 0.5) is 13.2 Å². The van der Waals surface area contributed by atoms with Gasteiger partial charge in [0, 0.05) is 5.56 Å². The minimum atomic E-state index is -4.79. The Labute approximate surface area is 95.2 Å². The third kappa shape index (κ3) is 2.46. The second-order valence-corrected chi connectivity index (χ2v) is 3.28. The van der Waals surface area contributed by atoms with Crippen molar-refractivity contribution < 1.29 is 27.5 Å². The van der Waals surface area contributed by atoms with Crippen molar-refractivity contribution in [1.29, 1.82) is 0 Å². The van der Waals surface area contributed by atoms with Crippen LogP contribution in [0.2, 0.25) is 0 Å². The summed E-state index contributed by atoms with van der Waals surface area (Å²) >= 11 is 0. The molecule has 0 amide bonds. The maximum atomic E-state index is 12.8. The van der Waals surface area contributed by atoms with Gasteiger partial charge in [-0.25, -0.2) is 0 Å². The lowest BCUT2D eigenvalue weighted by Crippen LogP contribution is -2.15. The second-order valence-electron chi connectivity index (χ2n) is 3.28. The van der Waals surface area contributed by atoms with E-state index in [2.05, 4.69) is 4.74 Å². The molecule has 0 aliphatic carbocycles. The molecule has 92 valence electrons. The predicted molar refractivity (Wildman–Crippen MR) is 53.4 cm³/mol. The Morgan fingerprint density at radius 3 is 2.29 bits per heavy atom. The van der Waals surface area contributed by atoms with Crippen LogP contribution in [0.1, 0.15) is 33.2 Å². The first-order valence-corrected chi connectivity index (χ1v) is 4.57. The molecule has 0 aliphatic rings. The summed E-state index contributed by atoms with van der Waals surface area (Å²) in [5.41, 5.74) is -2.45. The number of alkyl halides is 3. The van der Waals surface area contributed by atoms with E-state index in [0.29, 0.717) is 0 Å². The first-order chi connectivity index (χ1) is 7.82. The van der Waals surface area contributed by atoms with Crippen LogP contribution in [-0.4, -0.2) is 19.2 Å². The van der Waals surface area contributed by atoms with Crippen molar-refractivity contribution in [2.24, 2.45) is 0 Å². The van der Waals surface area contributed by atoms with E-state index >= 15 is 0 Å². The molecule has 0 spiro atoms. The third-order valence-corrected chi connectivity index (χ3v) is 2.21. The largest absolute Gasteiger partial charge is 0.496 e. The van der Waals surface area contributed by atoms with E-state index in [4.69, 9.17) is 0 Å². The Bertz CT molecular complexity index is 464. The van der Waals surface area contributed by atoms with Gasteiger partial charge in [0.25, 0.3) is 0 Å². The summed E-state index contributed by atoms with van der Waals surface area (Å²) in [4.78, 5) is 21.9. The van der Waals surface area contributed by atoms with Crippen molar-refractivity contribution in [3.05, 3.63) is 28.8 Å². The van der Waals surface area contributed by atoms with Gasteiger partial charge in [-0.15, -0.1) is 0 Å². The molecule has 17 heavy (non-hydrogen) atoms. The number of carbonyl (C=O) groups excluding carboxylic acids is 2. The number of benzene rings is 1. The molecule has 6 heteroatoms. The molecular formula is C11H9F3O3. The number of rotatable bonds is 3. The third-order valence-electron chi connectivity index (χ3n) is 2.21. The average Bonchev–Trinajstić information content (AvgIpc) is 2.25. The highest BCUT2D eigenvalue weighted by Gasteiger charge is 2.38. The number of Topliss-reactive ketones (excluding diaryl/α,β-unsaturated/α-hetero) is 1. The van der Waals surface area contributed by atoms with Gasteiger partial charge in [0.2, 0.25) is 0 Å². The van der Waals surface area contributed by atoms with Gasteiger partial charge >= 0.3 is 6.18 Å². The molecule has 0 aromatic heterocycles. The molecule has 1 aromatic rings. The van der Waals surface area contributed by atoms with Gasteiger partial charge in [-0.1, -0.05) is 0 Å². The maximum Gasteiger partial charge on any atom is 0.417 e. The highest BCUT2D eigenvalue weighted by Crippen LogP contribution is 2.37. The smallest absolute Gasteiger partial charge is 0.417 e. The van der Waals surface area contributed by atoms with Gasteiger partial charge in [0.15, 0.2) is 12.1 Å². The van der Waals surface area contributed by atoms with Crippen molar-refractivity contribution in [2.45, 2.75) is 13.1 Å². The Morgan fingerprint density at radius 1 is 1.35 bits per heavy atom. The van der Waals surface area contributed by atoms with Gasteiger partial charge in [-0.05, 0) is 19.1 Å². The number of hydrogen-bond donors (Lipinski definition) is 0. The van der Waals surface area contributed by atoms with E-state index in [9.17, 15) is 22.8 Å². The van der Waals surface area contributed by atoms with Gasteiger partial charge in [-0.2, -0.15) is 13.2 Å². The lowest BCUT2D eigenvalue weighted by atomic mass is 9.97. The molecule has 0 heterocycles. The molecule has 0 unspecified atom stereocenters. The van der Waals surface area contributed by atoms with Gasteiger partial charge in [0.05, 0.1) is 18.2 Å². The summed E-state index contributed by atoms with van der Waals surface area (Å²) in [5.74, 6) is -0.972. The topological polar surface area (TPSA) is 43.4 Å². The molecule has 1 rings (SSSR count). The molecule has 3 nitrogen and oxygen atoms in total. The van der Waals surface area contributed by atoms with E-state index in [-0.39, 0.29) is 12.0 Å². The molecular weight excluding hydrogens is 237 g/mol. The number of ketones is 1. The van der Waals surface area contributed by atoms with Gasteiger partial charge in [0.1, 0.15) is 5.75 Å². The summed E-state index contributed by atoms with van der Waals surface area (Å²) in [6.45, 7) is 1.01. The van der Waals surface area contributed by atoms with Crippen molar-refractivity contribution >= 4 is 12.1 Å². The summed E-state index contributed by atoms with van der Waals surface area (Å²) in [7, 11) is 1.15. The first-order valence-electron chi connectivity index (χ1n) is 4.57. The number of ether oxygens (including phenoxy) is 1. The van der Waals surface area contributed by atoms with E-state index in [0.717, 1.165) is 26.2 Å². The van der Waals surface area contributed by atoms with Crippen LogP contribution < -0.4 is 4.74 Å². The lowest BCUT2D eigenvalue weighted by molar-refractivity contribution is -0.138. The SMILES string of the molecule is COc1ccc(C(C)=O)c(C(F)(F)F)c1C=O. The molecule has 1 aromatic carbocycles. The van der Waals surface area contributed by atoms with Crippen molar-refractivity contribution in [1.82, 2.24) is 0 Å². The molecule has 0 saturated heterocycles. The van der Waals surface area contributed by atoms with Gasteiger partial charge < -0.3 is 4.74 Å². The Hall–Kier alpha value is -1.85. The molecule has 0 bridgehead atoms. The molecule has 0 aliphatic heterocycles. The van der Waals surface area contributed by atoms with E-state index < -0.39 is 28.6 Å². The van der Waals surface area contributed by atoms with E-state index in [1.807, 2.05) is 0 Å². The van der Waals surface area contributed by atoms with E-state index in [1.165, 1.54) is 0 Å². The van der Waals surface area contributed by atoms with Crippen LogP contribution in [0.5, 0.6) is 5.75 Å². The molecule has 0 atom stereocenters. The first kappa shape index (κ1) is 13.2. The minimum Gasteiger partial charge on any atom is -0.496 e. The molecule has 0 fully saturated rings. The minimum absolute atomic E-state index is 0.0358. The Morgan fingerprint density at radius 2 is 1.94 bits per heavy atom. The number of carbonyl (C=O) groups is 2. The lowest BCUT2D eigenvalue weighted by Gasteiger charge is -2.15. The van der Waals surface area contributed by atoms with Gasteiger partial charge in [-0.3, -0.25) is 9.59 Å². The van der Waals surface area contributed by atoms with Crippen LogP contribution in [-0.2, 0) is 6.18 Å². The fraction of sp³-hybridized carbons (Fsp3) is 0.273. The monoisotopic (exact) mass is 246 g/mol. The number of aldehydes is 1. The van der Waals surface area contributed by atoms with Crippen molar-refractivity contribution in [3.63, 3.8) is 0 Å². The summed E-state index contributed by atoms with van der Waals surface area (Å²) in [5, 5.41) is 0. The average molecular weight is 246 g/mol. The molecule has 0 saturated carbocycles. The maximum absolute atomic E-state index is 12.8. The van der Waals surface area contributed by atoms with Crippen LogP contribution in [0.3, 0.4) is 0 Å². The fourth-order valence-corrected chi connectivity index (χ4v) is 1.49. The van der Waals surface area contributed by atoms with Crippen LogP contribution in [0.15, 0.2) is 12.1 Å². The summed E-state index contributed by atoms with van der Waals surface area (Å²) < 4.78 is 43.1. The Kier molecular flexibility index (Phi) is 3.55. The predicted octanol–water partition coefficient (Wildman–Crippen LogP) is 2.73. The number of halogens is 3. The zero-order chi connectivity index (χ0) is 13.2. The fourth-order valence-electron chi connectivity index (χ4n) is 1.49. The zero-order valence-electron chi connectivity index (χ0n) is 9.09. The quantitative estimate of drug-likeness (QED) is 0.608. The summed E-state index contributed by atoms with van der Waals surface area (Å²) in [6, 6.07) is 2.16. The van der Waals surface area contributed by atoms with Crippen molar-refractivity contribution in [2.75, 3.05) is 7.11 Å². The standard InChI is InChI=1S/C11H9F3O3/c1-6(16)7-3-4-9(17-2)8(5-15)10(7)11(12,13)14/h3-5H,1-2H3. The Balaban J connectivity index is 3.68. The molecule has 0 radical (unpaired) electrons. The normalized spacial score (nSPS) is 11.1. The highest BCUT2D eigenvalue weighted by atomic mass is 19.4. The van der Waals surface area contributed by atoms with Crippen LogP contribution in [0, 0.1) is 0 Å². The summed E-state index contributed by atoms with van der Waals surface area (Å²) in [6.07, 6.45) is -4.75. The van der Waals surface area contributed by atoms with Crippen LogP contribution >= 0.6 is 0 Å². The number of hydrogen-bond acceptors (Lipinski definition) is 3. The molecule has 0 N–H and O–H groups in total. The van der Waals surface area contributed by atoms with E-state index in [1.54, 1.807) is 0 Å². The highest BCUT2D eigenvalue weighted by molar-refractivity contribution is 5.99. The zero-order valence-corrected chi connectivity index (χ0v) is 9.09.